The van der Waals surface area contributed by atoms with Crippen LogP contribution in [0.3, 0.4) is 0 Å². The number of carbonyl (C=O) groups is 7. The molecular formula is C55H66FN13O8. The molecule has 6 aromatic rings. The summed E-state index contributed by atoms with van der Waals surface area (Å²) in [6.07, 6.45) is 12.8. The fraction of sp³-hybridized carbons (Fsp3) is 0.436. The molecule has 0 saturated carbocycles. The summed E-state index contributed by atoms with van der Waals surface area (Å²) < 4.78 is 22.9. The molecule has 0 spiro atoms. The highest BCUT2D eigenvalue weighted by Crippen LogP contribution is 2.35. The predicted octanol–water partition coefficient (Wildman–Crippen LogP) is 5.81. The Labute approximate surface area is 444 Å². The van der Waals surface area contributed by atoms with E-state index in [1.807, 2.05) is 17.0 Å². The molecule has 3 aromatic heterocycles. The van der Waals surface area contributed by atoms with Crippen molar-refractivity contribution >= 4 is 80.5 Å². The van der Waals surface area contributed by atoms with Gasteiger partial charge in [-0.2, -0.15) is 10.2 Å². The molecule has 5 heterocycles. The molecule has 5 amide bonds. The minimum Gasteiger partial charge on any atom is -0.468 e. The number of fused-ring (bicyclic) bond motifs is 2. The third-order valence-electron chi connectivity index (χ3n) is 14.2. The number of hydrogen-bond donors (Lipinski definition) is 5. The number of primary amides is 1. The second-order valence-electron chi connectivity index (χ2n) is 19.5. The molecule has 2 aliphatic heterocycles. The second-order valence-corrected chi connectivity index (χ2v) is 19.5. The van der Waals surface area contributed by atoms with Crippen LogP contribution in [0.4, 0.5) is 21.7 Å². The molecule has 0 radical (unpaired) electrons. The molecule has 0 aliphatic carbocycles. The van der Waals surface area contributed by atoms with E-state index in [-0.39, 0.29) is 55.5 Å². The number of nitrogens with zero attached hydrogens (tertiary/aromatic N) is 8. The summed E-state index contributed by atoms with van der Waals surface area (Å²) >= 11 is 0. The zero-order valence-corrected chi connectivity index (χ0v) is 43.6. The fourth-order valence-corrected chi connectivity index (χ4v) is 9.99. The van der Waals surface area contributed by atoms with Crippen LogP contribution in [0.25, 0.3) is 32.9 Å². The Morgan fingerprint density at radius 3 is 2.25 bits per heavy atom. The Morgan fingerprint density at radius 2 is 1.49 bits per heavy atom. The Kier molecular flexibility index (Phi) is 18.5. The number of hydrogen-bond acceptors (Lipinski definition) is 14. The van der Waals surface area contributed by atoms with Gasteiger partial charge in [-0.3, -0.25) is 38.2 Å². The lowest BCUT2D eigenvalue weighted by Gasteiger charge is -2.32. The van der Waals surface area contributed by atoms with Gasteiger partial charge in [0, 0.05) is 74.0 Å². The molecule has 0 unspecified atom stereocenters. The highest BCUT2D eigenvalue weighted by atomic mass is 19.1. The van der Waals surface area contributed by atoms with Crippen LogP contribution >= 0.6 is 0 Å². The highest BCUT2D eigenvalue weighted by molar-refractivity contribution is 6.01. The molecule has 2 fully saturated rings. The summed E-state index contributed by atoms with van der Waals surface area (Å²) in [5, 5.41) is 20.7. The van der Waals surface area contributed by atoms with Crippen LogP contribution in [0, 0.1) is 12.7 Å². The summed E-state index contributed by atoms with van der Waals surface area (Å²) in [7, 11) is 1.19. The zero-order valence-electron chi connectivity index (χ0n) is 43.6. The number of piperidine rings is 2. The number of ether oxygens (including phenoxy) is 1. The Hall–Kier alpha value is -8.30. The van der Waals surface area contributed by atoms with Gasteiger partial charge < -0.3 is 41.5 Å². The lowest BCUT2D eigenvalue weighted by atomic mass is 9.89. The lowest BCUT2D eigenvalue weighted by molar-refractivity contribution is -0.141. The number of halogens is 1. The summed E-state index contributed by atoms with van der Waals surface area (Å²) in [6, 6.07) is 16.1. The Balaban J connectivity index is 0.720. The molecule has 2 saturated heterocycles. The number of nitrogens with one attached hydrogen (secondary N) is 4. The first-order chi connectivity index (χ1) is 37.3. The number of methoxy groups -OCH3 is 1. The van der Waals surface area contributed by atoms with Gasteiger partial charge in [-0.15, -0.1) is 0 Å². The third kappa shape index (κ3) is 14.2. The Morgan fingerprint density at radius 1 is 0.753 bits per heavy atom. The molecular weight excluding hydrogens is 990 g/mol. The number of anilines is 3. The van der Waals surface area contributed by atoms with Crippen LogP contribution in [-0.2, 0) is 35.3 Å². The van der Waals surface area contributed by atoms with Gasteiger partial charge >= 0.3 is 5.97 Å². The number of carbonyl (C=O) groups excluding carboxylic acids is 7. The molecule has 8 rings (SSSR count). The number of unbranched alkanes of at least 4 members (excludes halogenated alkanes) is 4. The van der Waals surface area contributed by atoms with Crippen molar-refractivity contribution in [1.29, 1.82) is 0 Å². The van der Waals surface area contributed by atoms with E-state index in [9.17, 15) is 33.6 Å². The minimum absolute atomic E-state index is 0.0499. The second kappa shape index (κ2) is 26.0. The zero-order chi connectivity index (χ0) is 54.4. The van der Waals surface area contributed by atoms with E-state index < -0.39 is 35.4 Å². The Bertz CT molecular complexity index is 3130. The average molecular weight is 1060 g/mol. The number of aryl methyl sites for hydroxylation is 1. The smallest absolute Gasteiger partial charge is 0.325 e. The van der Waals surface area contributed by atoms with Crippen LogP contribution in [0.15, 0.2) is 67.0 Å². The lowest BCUT2D eigenvalue weighted by Crippen LogP contribution is -2.40. The predicted molar refractivity (Wildman–Crippen MR) is 287 cm³/mol. The van der Waals surface area contributed by atoms with Crippen molar-refractivity contribution in [2.75, 3.05) is 63.1 Å². The van der Waals surface area contributed by atoms with Crippen molar-refractivity contribution in [3.05, 3.63) is 89.8 Å². The number of rotatable bonds is 23. The maximum atomic E-state index is 15.8. The van der Waals surface area contributed by atoms with E-state index in [0.29, 0.717) is 70.9 Å². The van der Waals surface area contributed by atoms with Crippen molar-refractivity contribution in [3.8, 4) is 11.1 Å². The molecule has 22 heteroatoms. The van der Waals surface area contributed by atoms with E-state index in [4.69, 9.17) is 10.7 Å². The average Bonchev–Trinajstić information content (AvgIpc) is 4.00. The number of aromatic nitrogens is 6. The van der Waals surface area contributed by atoms with Gasteiger partial charge in [0.2, 0.25) is 29.5 Å². The molecule has 6 N–H and O–H groups in total. The molecule has 77 heavy (non-hydrogen) atoms. The van der Waals surface area contributed by atoms with Crippen molar-refractivity contribution in [2.24, 2.45) is 5.73 Å². The van der Waals surface area contributed by atoms with Gasteiger partial charge in [0.1, 0.15) is 24.7 Å². The van der Waals surface area contributed by atoms with E-state index >= 15 is 4.39 Å². The maximum Gasteiger partial charge on any atom is 0.325 e. The van der Waals surface area contributed by atoms with E-state index in [1.165, 1.54) is 40.7 Å². The minimum atomic E-state index is -0.642. The normalized spacial score (nSPS) is 13.9. The maximum absolute atomic E-state index is 15.8. The van der Waals surface area contributed by atoms with E-state index in [1.54, 1.807) is 37.4 Å². The molecule has 21 nitrogen and oxygen atoms in total. The van der Waals surface area contributed by atoms with E-state index in [0.717, 1.165) is 82.4 Å². The van der Waals surface area contributed by atoms with Gasteiger partial charge in [-0.25, -0.2) is 19.0 Å². The molecule has 0 bridgehead atoms. The first kappa shape index (κ1) is 54.9. The van der Waals surface area contributed by atoms with Crippen LogP contribution < -0.4 is 31.9 Å². The number of esters is 1. The van der Waals surface area contributed by atoms with Crippen molar-refractivity contribution in [3.63, 3.8) is 0 Å². The quantitative estimate of drug-likeness (QED) is 0.0374. The number of likely N-dealkylation sites (tertiary alicyclic amines) is 1. The van der Waals surface area contributed by atoms with Gasteiger partial charge in [0.05, 0.1) is 42.8 Å². The SMILES string of the molecule is COC(=O)CNC(=O)CNC(=O)Cn1nc(C)c2c(-c3cc4c(cnn4C(=O)CCC(=O)NCCCCCCCC(=O)N4CCC(c5ccc(Nc6nc(N7CCCCC7)cnc6C(N)=O)cc5)CC4)cc3F)cccc21. The number of nitrogens with two attached hydrogens (primary N) is 1. The molecule has 2 aliphatic rings. The fourth-order valence-electron chi connectivity index (χ4n) is 9.99. The monoisotopic (exact) mass is 1060 g/mol. The van der Waals surface area contributed by atoms with Gasteiger partial charge in [-0.1, -0.05) is 43.5 Å². The number of amides is 5. The van der Waals surface area contributed by atoms with Gasteiger partial charge in [0.25, 0.3) is 5.91 Å². The number of benzene rings is 3. The van der Waals surface area contributed by atoms with Crippen LogP contribution in [0.1, 0.15) is 116 Å². The third-order valence-corrected chi connectivity index (χ3v) is 14.2. The van der Waals surface area contributed by atoms with Crippen LogP contribution in [-0.4, -0.2) is 129 Å². The van der Waals surface area contributed by atoms with Crippen LogP contribution in [0.2, 0.25) is 0 Å². The largest absolute Gasteiger partial charge is 0.468 e. The van der Waals surface area contributed by atoms with Crippen molar-refractivity contribution in [1.82, 2.24) is 50.4 Å². The van der Waals surface area contributed by atoms with Gasteiger partial charge in [-0.05, 0) is 99.2 Å². The first-order valence-electron chi connectivity index (χ1n) is 26.4. The molecule has 0 atom stereocenters. The van der Waals surface area contributed by atoms with Crippen molar-refractivity contribution in [2.45, 2.75) is 103 Å². The van der Waals surface area contributed by atoms with Crippen LogP contribution in [0.5, 0.6) is 0 Å². The van der Waals surface area contributed by atoms with E-state index in [2.05, 4.69) is 58.2 Å². The first-order valence-corrected chi connectivity index (χ1v) is 26.4. The van der Waals surface area contributed by atoms with Crippen molar-refractivity contribution < 1.29 is 42.7 Å². The summed E-state index contributed by atoms with van der Waals surface area (Å²) in [5.41, 5.74) is 9.80. The summed E-state index contributed by atoms with van der Waals surface area (Å²) in [5.74, 6) is -2.03. The molecule has 3 aromatic carbocycles. The topological polar surface area (TPSA) is 271 Å². The van der Waals surface area contributed by atoms with Gasteiger partial charge in [0.15, 0.2) is 11.5 Å². The standard InChI is InChI=1S/C55H66FN13O8/c1-35-52-40(12-11-13-43(52)68(65-35)34-48(72)59-32-47(71)60-33-51(75)77-2)41-29-44-38(28-42(41)56)30-62-69(44)50(74)20-19-46(70)58-23-8-5-3-4-7-14-49(73)67-26-21-37(22-27-67)36-15-17-39(18-16-36)63-55-53(54(57)76)61-31-45(64-55)66-24-9-6-10-25-66/h11-13,15-18,28-31,37H,3-10,14,19-27,32-34H2,1-2H3,(H2,57,76)(H,58,70)(H,59,72)(H,60,71)(H,63,64). The summed E-state index contributed by atoms with van der Waals surface area (Å²) in [4.78, 5) is 101. The molecule has 406 valence electrons. The highest BCUT2D eigenvalue weighted by Gasteiger charge is 2.25. The summed E-state index contributed by atoms with van der Waals surface area (Å²) in [6.45, 7) is 4.48.